The standard InChI is InChI=1S/C11H17ClN2O2S/c1-6(11(2,3)4)13-10-14-8(12)7(17-10)9(15)16-5/h6H,1-5H3,(H,13,14). The Bertz CT molecular complexity index is 412. The fourth-order valence-electron chi connectivity index (χ4n) is 0.984. The maximum Gasteiger partial charge on any atom is 0.351 e. The van der Waals surface area contributed by atoms with Gasteiger partial charge in [-0.1, -0.05) is 43.7 Å². The number of nitrogens with one attached hydrogen (secondary N) is 1. The van der Waals surface area contributed by atoms with Crippen molar-refractivity contribution in [3.63, 3.8) is 0 Å². The topological polar surface area (TPSA) is 51.2 Å². The number of anilines is 1. The number of hydrogen-bond acceptors (Lipinski definition) is 5. The van der Waals surface area contributed by atoms with E-state index < -0.39 is 5.97 Å². The fraction of sp³-hybridized carbons (Fsp3) is 0.636. The minimum Gasteiger partial charge on any atom is -0.465 e. The molecule has 96 valence electrons. The molecule has 0 saturated carbocycles. The second kappa shape index (κ2) is 5.23. The third-order valence-corrected chi connectivity index (χ3v) is 3.95. The molecule has 1 heterocycles. The number of thiazole rings is 1. The highest BCUT2D eigenvalue weighted by Gasteiger charge is 2.23. The van der Waals surface area contributed by atoms with Crippen molar-refractivity contribution < 1.29 is 9.53 Å². The highest BCUT2D eigenvalue weighted by Crippen LogP contribution is 2.30. The van der Waals surface area contributed by atoms with Crippen LogP contribution in [0.4, 0.5) is 5.13 Å². The zero-order valence-corrected chi connectivity index (χ0v) is 12.2. The van der Waals surface area contributed by atoms with Crippen molar-refractivity contribution in [2.75, 3.05) is 12.4 Å². The van der Waals surface area contributed by atoms with Crippen molar-refractivity contribution in [2.45, 2.75) is 33.7 Å². The third kappa shape index (κ3) is 3.57. The van der Waals surface area contributed by atoms with E-state index in [1.54, 1.807) is 0 Å². The van der Waals surface area contributed by atoms with Crippen molar-refractivity contribution in [1.82, 2.24) is 4.98 Å². The smallest absolute Gasteiger partial charge is 0.351 e. The molecule has 1 unspecified atom stereocenters. The molecule has 1 N–H and O–H groups in total. The van der Waals surface area contributed by atoms with Gasteiger partial charge in [0.25, 0.3) is 0 Å². The highest BCUT2D eigenvalue weighted by molar-refractivity contribution is 7.18. The van der Waals surface area contributed by atoms with Crippen molar-refractivity contribution in [1.29, 1.82) is 0 Å². The van der Waals surface area contributed by atoms with E-state index in [2.05, 4.69) is 42.7 Å². The molecule has 1 rings (SSSR count). The number of halogens is 1. The maximum absolute atomic E-state index is 11.4. The molecule has 0 spiro atoms. The van der Waals surface area contributed by atoms with Gasteiger partial charge in [0.1, 0.15) is 0 Å². The van der Waals surface area contributed by atoms with Crippen LogP contribution in [0.15, 0.2) is 0 Å². The predicted molar refractivity (Wildman–Crippen MR) is 71.0 cm³/mol. The summed E-state index contributed by atoms with van der Waals surface area (Å²) in [6.45, 7) is 8.44. The third-order valence-electron chi connectivity index (χ3n) is 2.60. The van der Waals surface area contributed by atoms with Crippen molar-refractivity contribution in [3.05, 3.63) is 10.0 Å². The molecular weight excluding hydrogens is 260 g/mol. The molecule has 0 fully saturated rings. The fourth-order valence-corrected chi connectivity index (χ4v) is 2.17. The molecule has 0 amide bonds. The van der Waals surface area contributed by atoms with E-state index in [1.165, 1.54) is 18.4 Å². The van der Waals surface area contributed by atoms with Crippen molar-refractivity contribution >= 4 is 34.0 Å². The van der Waals surface area contributed by atoms with Crippen LogP contribution in [0.2, 0.25) is 5.15 Å². The number of hydrogen-bond donors (Lipinski definition) is 1. The van der Waals surface area contributed by atoms with Gasteiger partial charge in [-0.3, -0.25) is 0 Å². The Balaban J connectivity index is 2.84. The second-order valence-corrected chi connectivity index (χ2v) is 6.22. The van der Waals surface area contributed by atoms with Crippen LogP contribution < -0.4 is 5.32 Å². The average molecular weight is 277 g/mol. The number of nitrogens with zero attached hydrogens (tertiary/aromatic N) is 1. The van der Waals surface area contributed by atoms with E-state index >= 15 is 0 Å². The number of aromatic nitrogens is 1. The quantitative estimate of drug-likeness (QED) is 0.860. The number of carbonyl (C=O) groups excluding carboxylic acids is 1. The van der Waals surface area contributed by atoms with Gasteiger partial charge < -0.3 is 10.1 Å². The summed E-state index contributed by atoms with van der Waals surface area (Å²) in [6.07, 6.45) is 0. The van der Waals surface area contributed by atoms with Gasteiger partial charge in [0.05, 0.1) is 7.11 Å². The Labute approximate surface area is 110 Å². The zero-order chi connectivity index (χ0) is 13.2. The van der Waals surface area contributed by atoms with E-state index in [-0.39, 0.29) is 16.6 Å². The van der Waals surface area contributed by atoms with Gasteiger partial charge in [0.2, 0.25) is 0 Å². The summed E-state index contributed by atoms with van der Waals surface area (Å²) >= 11 is 7.08. The summed E-state index contributed by atoms with van der Waals surface area (Å²) in [6, 6.07) is 0.218. The van der Waals surface area contributed by atoms with Crippen LogP contribution in [-0.4, -0.2) is 24.1 Å². The largest absolute Gasteiger partial charge is 0.465 e. The molecule has 1 atom stereocenters. The summed E-state index contributed by atoms with van der Waals surface area (Å²) in [5, 5.41) is 4.06. The Morgan fingerprint density at radius 2 is 2.12 bits per heavy atom. The summed E-state index contributed by atoms with van der Waals surface area (Å²) in [7, 11) is 1.32. The molecule has 0 radical (unpaired) electrons. The van der Waals surface area contributed by atoms with Crippen LogP contribution in [0.25, 0.3) is 0 Å². The van der Waals surface area contributed by atoms with Gasteiger partial charge in [-0.15, -0.1) is 0 Å². The van der Waals surface area contributed by atoms with E-state index in [9.17, 15) is 4.79 Å². The number of esters is 1. The number of rotatable bonds is 3. The van der Waals surface area contributed by atoms with Gasteiger partial charge in [-0.05, 0) is 12.3 Å². The number of carbonyl (C=O) groups is 1. The van der Waals surface area contributed by atoms with E-state index in [0.29, 0.717) is 10.0 Å². The maximum atomic E-state index is 11.4. The molecule has 6 heteroatoms. The lowest BCUT2D eigenvalue weighted by atomic mass is 9.88. The van der Waals surface area contributed by atoms with Gasteiger partial charge in [0.15, 0.2) is 15.2 Å². The minimum atomic E-state index is -0.455. The summed E-state index contributed by atoms with van der Waals surface area (Å²) < 4.78 is 4.62. The van der Waals surface area contributed by atoms with Crippen LogP contribution in [0.3, 0.4) is 0 Å². The van der Waals surface area contributed by atoms with E-state index in [4.69, 9.17) is 11.6 Å². The average Bonchev–Trinajstić information content (AvgIpc) is 2.57. The monoisotopic (exact) mass is 276 g/mol. The van der Waals surface area contributed by atoms with Gasteiger partial charge in [0, 0.05) is 6.04 Å². The van der Waals surface area contributed by atoms with Crippen LogP contribution in [0.5, 0.6) is 0 Å². The first-order chi connectivity index (χ1) is 7.75. The Kier molecular flexibility index (Phi) is 4.38. The van der Waals surface area contributed by atoms with Crippen molar-refractivity contribution in [3.8, 4) is 0 Å². The first kappa shape index (κ1) is 14.3. The van der Waals surface area contributed by atoms with E-state index in [1.807, 2.05) is 0 Å². The molecule has 0 aromatic carbocycles. The normalized spacial score (nSPS) is 13.3. The van der Waals surface area contributed by atoms with Crippen LogP contribution in [0, 0.1) is 5.41 Å². The molecule has 0 aliphatic heterocycles. The molecule has 17 heavy (non-hydrogen) atoms. The van der Waals surface area contributed by atoms with Crippen LogP contribution in [0.1, 0.15) is 37.4 Å². The Hall–Kier alpha value is -0.810. The molecule has 4 nitrogen and oxygen atoms in total. The van der Waals surface area contributed by atoms with Crippen LogP contribution in [-0.2, 0) is 4.74 Å². The molecule has 0 aliphatic carbocycles. The minimum absolute atomic E-state index is 0.101. The first-order valence-corrected chi connectivity index (χ1v) is 6.46. The molecule has 0 saturated heterocycles. The predicted octanol–water partition coefficient (Wildman–Crippen LogP) is 3.43. The molecule has 0 aliphatic rings. The highest BCUT2D eigenvalue weighted by atomic mass is 35.5. The Morgan fingerprint density at radius 1 is 1.53 bits per heavy atom. The summed E-state index contributed by atoms with van der Waals surface area (Å²) in [5.74, 6) is -0.455. The SMILES string of the molecule is COC(=O)c1sc(NC(C)C(C)(C)C)nc1Cl. The lowest BCUT2D eigenvalue weighted by Gasteiger charge is -2.27. The molecule has 1 aromatic rings. The summed E-state index contributed by atoms with van der Waals surface area (Å²) in [5.41, 5.74) is 0.101. The van der Waals surface area contributed by atoms with Gasteiger partial charge in [-0.25, -0.2) is 9.78 Å². The molecule has 0 bridgehead atoms. The van der Waals surface area contributed by atoms with Crippen LogP contribution >= 0.6 is 22.9 Å². The molecular formula is C11H17ClN2O2S. The lowest BCUT2D eigenvalue weighted by molar-refractivity contribution is 0.0606. The zero-order valence-electron chi connectivity index (χ0n) is 10.6. The Morgan fingerprint density at radius 3 is 2.59 bits per heavy atom. The first-order valence-electron chi connectivity index (χ1n) is 5.27. The lowest BCUT2D eigenvalue weighted by Crippen LogP contribution is -2.30. The van der Waals surface area contributed by atoms with Crippen molar-refractivity contribution in [2.24, 2.45) is 5.41 Å². The van der Waals surface area contributed by atoms with Gasteiger partial charge >= 0.3 is 5.97 Å². The summed E-state index contributed by atoms with van der Waals surface area (Å²) in [4.78, 5) is 15.8. The second-order valence-electron chi connectivity index (χ2n) is 4.86. The molecule has 1 aromatic heterocycles. The van der Waals surface area contributed by atoms with E-state index in [0.717, 1.165) is 0 Å². The number of ether oxygens (including phenoxy) is 1. The number of methoxy groups -OCH3 is 1. The van der Waals surface area contributed by atoms with Gasteiger partial charge in [-0.2, -0.15) is 0 Å².